The van der Waals surface area contributed by atoms with Gasteiger partial charge in [0.2, 0.25) is 5.91 Å². The lowest BCUT2D eigenvalue weighted by Crippen LogP contribution is -2.45. The third kappa shape index (κ3) is 3.64. The van der Waals surface area contributed by atoms with E-state index in [1.165, 1.54) is 19.3 Å². The molecule has 5 heteroatoms. The molecule has 0 bridgehead atoms. The van der Waals surface area contributed by atoms with Crippen molar-refractivity contribution in [1.29, 1.82) is 0 Å². The first-order valence-electron chi connectivity index (χ1n) is 7.81. The maximum absolute atomic E-state index is 12.5. The van der Waals surface area contributed by atoms with Crippen LogP contribution in [0.5, 0.6) is 0 Å². The predicted octanol–water partition coefficient (Wildman–Crippen LogP) is 1.30. The minimum atomic E-state index is 0.288. The molecule has 2 rings (SSSR count). The first kappa shape index (κ1) is 15.1. The van der Waals surface area contributed by atoms with Crippen molar-refractivity contribution in [3.63, 3.8) is 0 Å². The van der Waals surface area contributed by atoms with Crippen molar-refractivity contribution < 1.29 is 4.79 Å². The van der Waals surface area contributed by atoms with Crippen LogP contribution in [0.25, 0.3) is 0 Å². The van der Waals surface area contributed by atoms with E-state index in [4.69, 9.17) is 0 Å². The third-order valence-corrected chi connectivity index (χ3v) is 4.42. The van der Waals surface area contributed by atoms with E-state index in [2.05, 4.69) is 15.2 Å². The van der Waals surface area contributed by atoms with Crippen LogP contribution < -0.4 is 5.32 Å². The molecule has 0 radical (unpaired) electrons. The summed E-state index contributed by atoms with van der Waals surface area (Å²) in [5.74, 6) is 1.56. The predicted molar refractivity (Wildman–Crippen MR) is 81.7 cm³/mol. The Kier molecular flexibility index (Phi) is 5.26. The third-order valence-electron chi connectivity index (χ3n) is 4.42. The van der Waals surface area contributed by atoms with E-state index in [1.807, 2.05) is 19.0 Å². The van der Waals surface area contributed by atoms with Crippen LogP contribution in [-0.4, -0.2) is 61.9 Å². The van der Waals surface area contributed by atoms with Gasteiger partial charge in [-0.2, -0.15) is 0 Å². The van der Waals surface area contributed by atoms with Gasteiger partial charge in [0.1, 0.15) is 0 Å². The molecule has 5 nitrogen and oxygen atoms in total. The van der Waals surface area contributed by atoms with Crippen LogP contribution in [0.4, 0.5) is 0 Å². The van der Waals surface area contributed by atoms with Gasteiger partial charge < -0.3 is 15.1 Å². The van der Waals surface area contributed by atoms with Gasteiger partial charge in [-0.1, -0.05) is 19.3 Å². The van der Waals surface area contributed by atoms with E-state index in [-0.39, 0.29) is 5.92 Å². The van der Waals surface area contributed by atoms with Gasteiger partial charge in [0.15, 0.2) is 5.96 Å². The summed E-state index contributed by atoms with van der Waals surface area (Å²) in [5, 5.41) is 3.43. The molecular weight excluding hydrogens is 252 g/mol. The van der Waals surface area contributed by atoms with Gasteiger partial charge in [0, 0.05) is 46.2 Å². The van der Waals surface area contributed by atoms with E-state index in [9.17, 15) is 4.79 Å². The molecule has 1 heterocycles. The molecular formula is C15H28N4O. The fraction of sp³-hybridized carbons (Fsp3) is 0.867. The minimum absolute atomic E-state index is 0.288. The monoisotopic (exact) mass is 280 g/mol. The number of hydrogen-bond acceptors (Lipinski definition) is 2. The molecule has 1 atom stereocenters. The largest absolute Gasteiger partial charge is 0.352 e. The van der Waals surface area contributed by atoms with Gasteiger partial charge >= 0.3 is 0 Å². The minimum Gasteiger partial charge on any atom is -0.352 e. The summed E-state index contributed by atoms with van der Waals surface area (Å²) in [6, 6.07) is 0.337. The zero-order valence-corrected chi connectivity index (χ0v) is 13.1. The number of guanidine groups is 1. The number of amides is 1. The van der Waals surface area contributed by atoms with Gasteiger partial charge in [-0.25, -0.2) is 0 Å². The molecule has 0 aromatic carbocycles. The smallest absolute Gasteiger partial charge is 0.225 e. The summed E-state index contributed by atoms with van der Waals surface area (Å²) in [4.78, 5) is 20.8. The molecule has 2 fully saturated rings. The molecule has 2 aliphatic rings. The zero-order valence-electron chi connectivity index (χ0n) is 13.1. The second-order valence-electron chi connectivity index (χ2n) is 6.19. The summed E-state index contributed by atoms with van der Waals surface area (Å²) in [6.07, 6.45) is 6.94. The Bertz CT molecular complexity index is 361. The van der Waals surface area contributed by atoms with Gasteiger partial charge in [0.25, 0.3) is 0 Å². The molecule has 1 N–H and O–H groups in total. The van der Waals surface area contributed by atoms with Crippen LogP contribution in [0.1, 0.15) is 38.5 Å². The molecule has 1 saturated heterocycles. The molecule has 1 saturated carbocycles. The summed E-state index contributed by atoms with van der Waals surface area (Å²) in [7, 11) is 5.76. The SMILES string of the molecule is CN=C(NC1CCN(C(=O)C2CCCCC2)C1)N(C)C. The van der Waals surface area contributed by atoms with Gasteiger partial charge in [-0.3, -0.25) is 9.79 Å². The second-order valence-corrected chi connectivity index (χ2v) is 6.19. The summed E-state index contributed by atoms with van der Waals surface area (Å²) in [5.41, 5.74) is 0. The van der Waals surface area contributed by atoms with E-state index >= 15 is 0 Å². The molecule has 1 unspecified atom stereocenters. The molecule has 1 aliphatic carbocycles. The first-order chi connectivity index (χ1) is 9.61. The number of rotatable bonds is 2. The molecule has 0 aromatic heterocycles. The number of nitrogens with zero attached hydrogens (tertiary/aromatic N) is 3. The fourth-order valence-electron chi connectivity index (χ4n) is 3.26. The first-order valence-corrected chi connectivity index (χ1v) is 7.81. The number of nitrogens with one attached hydrogen (secondary N) is 1. The van der Waals surface area contributed by atoms with Crippen molar-refractivity contribution in [3.8, 4) is 0 Å². The van der Waals surface area contributed by atoms with E-state index in [0.717, 1.165) is 38.3 Å². The van der Waals surface area contributed by atoms with Crippen LogP contribution in [0.3, 0.4) is 0 Å². The van der Waals surface area contributed by atoms with E-state index in [1.54, 1.807) is 7.05 Å². The van der Waals surface area contributed by atoms with Crippen molar-refractivity contribution in [2.75, 3.05) is 34.2 Å². The molecule has 1 amide bonds. The number of likely N-dealkylation sites (tertiary alicyclic amines) is 1. The highest BCUT2D eigenvalue weighted by Gasteiger charge is 2.31. The van der Waals surface area contributed by atoms with Crippen LogP contribution in [0, 0.1) is 5.92 Å². The molecule has 20 heavy (non-hydrogen) atoms. The molecule has 0 spiro atoms. The summed E-state index contributed by atoms with van der Waals surface area (Å²) >= 11 is 0. The highest BCUT2D eigenvalue weighted by molar-refractivity contribution is 5.81. The maximum Gasteiger partial charge on any atom is 0.225 e. The Balaban J connectivity index is 1.84. The summed E-state index contributed by atoms with van der Waals surface area (Å²) in [6.45, 7) is 1.71. The Morgan fingerprint density at radius 2 is 1.90 bits per heavy atom. The van der Waals surface area contributed by atoms with Crippen LogP contribution in [0.2, 0.25) is 0 Å². The molecule has 0 aromatic rings. The quantitative estimate of drug-likeness (QED) is 0.613. The Morgan fingerprint density at radius 1 is 1.20 bits per heavy atom. The van der Waals surface area contributed by atoms with Gasteiger partial charge in [-0.05, 0) is 19.3 Å². The normalized spacial score (nSPS) is 24.9. The zero-order chi connectivity index (χ0) is 14.5. The van der Waals surface area contributed by atoms with Crippen LogP contribution >= 0.6 is 0 Å². The van der Waals surface area contributed by atoms with Crippen molar-refractivity contribution >= 4 is 11.9 Å². The topological polar surface area (TPSA) is 47.9 Å². The lowest BCUT2D eigenvalue weighted by molar-refractivity contribution is -0.135. The fourth-order valence-corrected chi connectivity index (χ4v) is 3.26. The van der Waals surface area contributed by atoms with Gasteiger partial charge in [-0.15, -0.1) is 0 Å². The lowest BCUT2D eigenvalue weighted by atomic mass is 9.88. The van der Waals surface area contributed by atoms with Gasteiger partial charge in [0.05, 0.1) is 0 Å². The summed E-state index contributed by atoms with van der Waals surface area (Å²) < 4.78 is 0. The Labute approximate surface area is 122 Å². The Morgan fingerprint density at radius 3 is 2.50 bits per heavy atom. The number of carbonyl (C=O) groups is 1. The standard InChI is InChI=1S/C15H28N4O/c1-16-15(18(2)3)17-13-9-10-19(11-13)14(20)12-7-5-4-6-8-12/h12-13H,4-11H2,1-3H3,(H,16,17). The number of carbonyl (C=O) groups excluding carboxylic acids is 1. The van der Waals surface area contributed by atoms with E-state index in [0.29, 0.717) is 11.9 Å². The number of hydrogen-bond donors (Lipinski definition) is 1. The van der Waals surface area contributed by atoms with Crippen molar-refractivity contribution in [3.05, 3.63) is 0 Å². The van der Waals surface area contributed by atoms with Crippen LogP contribution in [0.15, 0.2) is 4.99 Å². The highest BCUT2D eigenvalue weighted by atomic mass is 16.2. The Hall–Kier alpha value is -1.26. The van der Waals surface area contributed by atoms with E-state index < -0.39 is 0 Å². The van der Waals surface area contributed by atoms with Crippen molar-refractivity contribution in [2.45, 2.75) is 44.6 Å². The average Bonchev–Trinajstić information content (AvgIpc) is 2.93. The molecule has 1 aliphatic heterocycles. The second kappa shape index (κ2) is 6.95. The van der Waals surface area contributed by atoms with Crippen molar-refractivity contribution in [2.24, 2.45) is 10.9 Å². The van der Waals surface area contributed by atoms with Crippen LogP contribution in [-0.2, 0) is 4.79 Å². The lowest BCUT2D eigenvalue weighted by Gasteiger charge is -2.26. The highest BCUT2D eigenvalue weighted by Crippen LogP contribution is 2.26. The number of aliphatic imine (C=N–C) groups is 1. The molecule has 114 valence electrons. The average molecular weight is 280 g/mol. The maximum atomic E-state index is 12.5. The van der Waals surface area contributed by atoms with Crippen molar-refractivity contribution in [1.82, 2.24) is 15.1 Å².